The zero-order valence-electron chi connectivity index (χ0n) is 23.8. The molecule has 9 heteroatoms. The van der Waals surface area contributed by atoms with E-state index >= 15 is 0 Å². The fourth-order valence-corrected chi connectivity index (χ4v) is 6.29. The van der Waals surface area contributed by atoms with Gasteiger partial charge in [0.1, 0.15) is 5.75 Å². The largest absolute Gasteiger partial charge is 0.493 e. The van der Waals surface area contributed by atoms with Crippen LogP contribution in [0.25, 0.3) is 5.57 Å². The van der Waals surface area contributed by atoms with Gasteiger partial charge in [0, 0.05) is 50.9 Å². The Balaban J connectivity index is 0.936. The van der Waals surface area contributed by atoms with Gasteiger partial charge in [0.2, 0.25) is 5.91 Å². The third kappa shape index (κ3) is 6.05. The fraction of sp³-hybridized carbons (Fsp3) is 0.645. The standard InChI is InChI=1S/C31H42N4O5/c1-22(2)28-32-30(40-33-28)35-15-11-23(12-16-35)21-37-27-9-7-25(8-10-27)24-3-5-26(6-4-24)29(36)34-17-13-31(14-18-34)38-19-20-39-31/h3,7-10,22-23,26H,4-6,11-21H2,1-2H3. The molecule has 2 aromatic rings. The zero-order valence-corrected chi connectivity index (χ0v) is 23.8. The highest BCUT2D eigenvalue weighted by Gasteiger charge is 2.41. The van der Waals surface area contributed by atoms with Crippen molar-refractivity contribution in [3.63, 3.8) is 0 Å². The summed E-state index contributed by atoms with van der Waals surface area (Å²) in [6, 6.07) is 9.09. The molecule has 0 bridgehead atoms. The number of ether oxygens (including phenoxy) is 3. The molecule has 6 rings (SSSR count). The van der Waals surface area contributed by atoms with Gasteiger partial charge in [0.15, 0.2) is 11.6 Å². The highest BCUT2D eigenvalue weighted by atomic mass is 16.7. The minimum atomic E-state index is -0.433. The molecule has 3 fully saturated rings. The topological polar surface area (TPSA) is 90.2 Å². The summed E-state index contributed by atoms with van der Waals surface area (Å²) in [7, 11) is 0. The third-order valence-electron chi connectivity index (χ3n) is 8.95. The molecule has 1 atom stereocenters. The predicted molar refractivity (Wildman–Crippen MR) is 151 cm³/mol. The second kappa shape index (κ2) is 11.9. The van der Waals surface area contributed by atoms with Crippen LogP contribution in [0.2, 0.25) is 0 Å². The second-order valence-corrected chi connectivity index (χ2v) is 12.0. The van der Waals surface area contributed by atoms with Crippen molar-refractivity contribution in [1.82, 2.24) is 15.0 Å². The SMILES string of the molecule is CC(C)c1noc(N2CCC(COc3ccc(C4=CCC(C(=O)N5CCC6(CC5)OCCO6)CC4)cc3)CC2)n1. The van der Waals surface area contributed by atoms with E-state index in [1.165, 1.54) is 11.1 Å². The number of hydrogen-bond acceptors (Lipinski definition) is 8. The fourth-order valence-electron chi connectivity index (χ4n) is 6.29. The number of carbonyl (C=O) groups is 1. The summed E-state index contributed by atoms with van der Waals surface area (Å²) in [5.41, 5.74) is 2.55. The molecule has 216 valence electrons. The Morgan fingerprint density at radius 1 is 1.05 bits per heavy atom. The third-order valence-corrected chi connectivity index (χ3v) is 8.95. The number of aromatic nitrogens is 2. The summed E-state index contributed by atoms with van der Waals surface area (Å²) in [6.07, 6.45) is 8.55. The van der Waals surface area contributed by atoms with Gasteiger partial charge in [0.25, 0.3) is 0 Å². The lowest BCUT2D eigenvalue weighted by Crippen LogP contribution is -2.49. The molecule has 40 heavy (non-hydrogen) atoms. The maximum absolute atomic E-state index is 13.1. The molecule has 1 aromatic heterocycles. The Morgan fingerprint density at radius 3 is 2.40 bits per heavy atom. The van der Waals surface area contributed by atoms with E-state index in [0.717, 1.165) is 89.3 Å². The molecule has 1 amide bonds. The van der Waals surface area contributed by atoms with Crippen LogP contribution in [0.5, 0.6) is 5.75 Å². The van der Waals surface area contributed by atoms with Gasteiger partial charge < -0.3 is 28.5 Å². The van der Waals surface area contributed by atoms with Crippen molar-refractivity contribution in [3.05, 3.63) is 41.7 Å². The lowest BCUT2D eigenvalue weighted by molar-refractivity contribution is -0.188. The van der Waals surface area contributed by atoms with Gasteiger partial charge in [-0.1, -0.05) is 37.2 Å². The summed E-state index contributed by atoms with van der Waals surface area (Å²) < 4.78 is 23.2. The van der Waals surface area contributed by atoms with Crippen molar-refractivity contribution in [1.29, 1.82) is 0 Å². The van der Waals surface area contributed by atoms with E-state index in [1.807, 2.05) is 4.90 Å². The van der Waals surface area contributed by atoms with E-state index in [0.29, 0.717) is 25.1 Å². The molecule has 1 unspecified atom stereocenters. The average molecular weight is 551 g/mol. The normalized spacial score (nSPS) is 23.6. The monoisotopic (exact) mass is 550 g/mol. The van der Waals surface area contributed by atoms with Crippen molar-refractivity contribution in [2.45, 2.75) is 70.5 Å². The summed E-state index contributed by atoms with van der Waals surface area (Å²) >= 11 is 0. The van der Waals surface area contributed by atoms with Gasteiger partial charge in [0.05, 0.1) is 19.8 Å². The molecular weight excluding hydrogens is 508 g/mol. The summed E-state index contributed by atoms with van der Waals surface area (Å²) in [5.74, 6) is 2.39. The molecule has 9 nitrogen and oxygen atoms in total. The Bertz CT molecular complexity index is 1170. The number of piperidine rings is 2. The van der Waals surface area contributed by atoms with E-state index in [4.69, 9.17) is 18.7 Å². The van der Waals surface area contributed by atoms with Crippen LogP contribution in [0.4, 0.5) is 6.01 Å². The molecule has 1 aromatic carbocycles. The van der Waals surface area contributed by atoms with Gasteiger partial charge in [-0.05, 0) is 61.3 Å². The highest BCUT2D eigenvalue weighted by molar-refractivity contribution is 5.81. The molecular formula is C31H42N4O5. The first-order valence-electron chi connectivity index (χ1n) is 15.1. The number of benzene rings is 1. The molecule has 0 N–H and O–H groups in total. The minimum Gasteiger partial charge on any atom is -0.493 e. The number of hydrogen-bond donors (Lipinski definition) is 0. The van der Waals surface area contributed by atoms with E-state index in [-0.39, 0.29) is 17.7 Å². The molecule has 1 spiro atoms. The van der Waals surface area contributed by atoms with Crippen LogP contribution in [0.3, 0.4) is 0 Å². The van der Waals surface area contributed by atoms with Crippen LogP contribution in [-0.4, -0.2) is 72.7 Å². The predicted octanol–water partition coefficient (Wildman–Crippen LogP) is 5.04. The Morgan fingerprint density at radius 2 is 1.77 bits per heavy atom. The minimum absolute atomic E-state index is 0.0781. The van der Waals surface area contributed by atoms with Crippen molar-refractivity contribution in [2.75, 3.05) is 50.9 Å². The van der Waals surface area contributed by atoms with Gasteiger partial charge >= 0.3 is 6.01 Å². The number of carbonyl (C=O) groups excluding carboxylic acids is 1. The van der Waals surface area contributed by atoms with Crippen LogP contribution in [0.15, 0.2) is 34.9 Å². The number of amides is 1. The molecule has 1 aliphatic carbocycles. The summed E-state index contributed by atoms with van der Waals surface area (Å²) in [5, 5.41) is 4.09. The number of nitrogens with zero attached hydrogens (tertiary/aromatic N) is 4. The van der Waals surface area contributed by atoms with Crippen LogP contribution < -0.4 is 9.64 Å². The van der Waals surface area contributed by atoms with Gasteiger partial charge in [-0.15, -0.1) is 0 Å². The first-order chi connectivity index (χ1) is 19.5. The smallest absolute Gasteiger partial charge is 0.324 e. The average Bonchev–Trinajstić information content (AvgIpc) is 3.68. The number of likely N-dealkylation sites (tertiary alicyclic amines) is 1. The van der Waals surface area contributed by atoms with E-state index < -0.39 is 5.79 Å². The van der Waals surface area contributed by atoms with Crippen molar-refractivity contribution >= 4 is 17.5 Å². The maximum atomic E-state index is 13.1. The van der Waals surface area contributed by atoms with Crippen LogP contribution in [-0.2, 0) is 14.3 Å². The Labute approximate surface area is 236 Å². The first-order valence-corrected chi connectivity index (χ1v) is 15.1. The molecule has 4 heterocycles. The van der Waals surface area contributed by atoms with Crippen LogP contribution in [0, 0.1) is 11.8 Å². The van der Waals surface area contributed by atoms with Gasteiger partial charge in [-0.3, -0.25) is 4.79 Å². The molecule has 0 saturated carbocycles. The van der Waals surface area contributed by atoms with Crippen LogP contribution >= 0.6 is 0 Å². The summed E-state index contributed by atoms with van der Waals surface area (Å²) in [4.78, 5) is 21.9. The molecule has 0 radical (unpaired) electrons. The number of allylic oxidation sites excluding steroid dienone is 2. The van der Waals surface area contributed by atoms with E-state index in [2.05, 4.69) is 59.2 Å². The van der Waals surface area contributed by atoms with Crippen LogP contribution in [0.1, 0.15) is 76.1 Å². The Kier molecular flexibility index (Phi) is 8.12. The Hall–Kier alpha value is -2.91. The van der Waals surface area contributed by atoms with E-state index in [9.17, 15) is 4.79 Å². The van der Waals surface area contributed by atoms with Crippen molar-refractivity contribution in [3.8, 4) is 5.75 Å². The maximum Gasteiger partial charge on any atom is 0.324 e. The van der Waals surface area contributed by atoms with Gasteiger partial charge in [-0.25, -0.2) is 0 Å². The number of anilines is 1. The zero-order chi connectivity index (χ0) is 27.5. The second-order valence-electron chi connectivity index (χ2n) is 12.0. The lowest BCUT2D eigenvalue weighted by Gasteiger charge is -2.39. The molecule has 4 aliphatic rings. The van der Waals surface area contributed by atoms with E-state index in [1.54, 1.807) is 0 Å². The molecule has 3 saturated heterocycles. The lowest BCUT2D eigenvalue weighted by atomic mass is 9.85. The number of rotatable bonds is 7. The van der Waals surface area contributed by atoms with Gasteiger partial charge in [-0.2, -0.15) is 4.98 Å². The van der Waals surface area contributed by atoms with Crippen molar-refractivity contribution < 1.29 is 23.5 Å². The summed E-state index contributed by atoms with van der Waals surface area (Å²) in [6.45, 7) is 9.47. The van der Waals surface area contributed by atoms with Crippen molar-refractivity contribution in [2.24, 2.45) is 11.8 Å². The highest BCUT2D eigenvalue weighted by Crippen LogP contribution is 2.35. The first kappa shape index (κ1) is 27.3. The molecule has 3 aliphatic heterocycles. The quantitative estimate of drug-likeness (QED) is 0.474.